The second-order valence-corrected chi connectivity index (χ2v) is 7.50. The predicted octanol–water partition coefficient (Wildman–Crippen LogP) is 2.82. The molecule has 4 rings (SSSR count). The van der Waals surface area contributed by atoms with E-state index in [2.05, 4.69) is 0 Å². The van der Waals surface area contributed by atoms with E-state index in [0.29, 0.717) is 11.8 Å². The zero-order valence-corrected chi connectivity index (χ0v) is 11.2. The molecule has 3 heteroatoms. The molecule has 2 N–H and O–H groups in total. The van der Waals surface area contributed by atoms with Crippen molar-refractivity contribution in [2.75, 3.05) is 0 Å². The summed E-state index contributed by atoms with van der Waals surface area (Å²) < 4.78 is 0. The van der Waals surface area contributed by atoms with Gasteiger partial charge < -0.3 is 10.2 Å². The van der Waals surface area contributed by atoms with Gasteiger partial charge in [0.05, 0.1) is 0 Å². The summed E-state index contributed by atoms with van der Waals surface area (Å²) in [6, 6.07) is 0. The van der Waals surface area contributed by atoms with Crippen LogP contribution in [0, 0.1) is 23.2 Å². The fourth-order valence-electron chi connectivity index (χ4n) is 5.21. The molecule has 0 aromatic heterocycles. The highest BCUT2D eigenvalue weighted by Gasteiger charge is 2.51. The zero-order valence-electron chi connectivity index (χ0n) is 11.2. The molecule has 0 radical (unpaired) electrons. The lowest BCUT2D eigenvalue weighted by atomic mass is 9.48. The Labute approximate surface area is 109 Å². The van der Waals surface area contributed by atoms with Crippen molar-refractivity contribution in [3.05, 3.63) is 0 Å². The van der Waals surface area contributed by atoms with E-state index < -0.39 is 11.6 Å². The number of carboxylic acids is 1. The fraction of sp³-hybridized carbons (Fsp3) is 0.933. The summed E-state index contributed by atoms with van der Waals surface area (Å²) in [4.78, 5) is 11.0. The van der Waals surface area contributed by atoms with Gasteiger partial charge in [0, 0.05) is 0 Å². The largest absolute Gasteiger partial charge is 0.479 e. The molecule has 0 saturated heterocycles. The predicted molar refractivity (Wildman–Crippen MR) is 68.1 cm³/mol. The molecule has 4 fully saturated rings. The number of carboxylic acid groups (broad SMARTS) is 1. The Bertz CT molecular complexity index is 323. The first-order valence-corrected chi connectivity index (χ1v) is 7.34. The Morgan fingerprint density at radius 2 is 1.61 bits per heavy atom. The van der Waals surface area contributed by atoms with Crippen LogP contribution in [0.1, 0.15) is 58.3 Å². The molecule has 0 heterocycles. The molecule has 3 nitrogen and oxygen atoms in total. The number of hydrogen-bond donors (Lipinski definition) is 2. The van der Waals surface area contributed by atoms with Crippen molar-refractivity contribution >= 4 is 5.97 Å². The number of rotatable bonds is 4. The Morgan fingerprint density at radius 1 is 1.17 bits per heavy atom. The quantitative estimate of drug-likeness (QED) is 0.809. The molecule has 102 valence electrons. The molecule has 0 spiro atoms. The third-order valence-electron chi connectivity index (χ3n) is 5.77. The van der Waals surface area contributed by atoms with Gasteiger partial charge in [0.25, 0.3) is 0 Å². The van der Waals surface area contributed by atoms with Gasteiger partial charge in [0.2, 0.25) is 0 Å². The van der Waals surface area contributed by atoms with Gasteiger partial charge in [-0.25, -0.2) is 4.79 Å². The lowest BCUT2D eigenvalue weighted by Gasteiger charge is -2.57. The molecule has 1 unspecified atom stereocenters. The molecular weight excluding hydrogens is 228 g/mol. The van der Waals surface area contributed by atoms with E-state index in [1.807, 2.05) is 0 Å². The third-order valence-corrected chi connectivity index (χ3v) is 5.77. The van der Waals surface area contributed by atoms with Crippen molar-refractivity contribution in [1.82, 2.24) is 0 Å². The molecule has 0 aromatic carbocycles. The topological polar surface area (TPSA) is 57.5 Å². The average Bonchev–Trinajstić information content (AvgIpc) is 2.24. The lowest BCUT2D eigenvalue weighted by Crippen LogP contribution is -2.47. The molecule has 0 aliphatic heterocycles. The summed E-state index contributed by atoms with van der Waals surface area (Å²) in [5.74, 6) is 1.61. The van der Waals surface area contributed by atoms with Crippen LogP contribution in [0.2, 0.25) is 0 Å². The second-order valence-electron chi connectivity index (χ2n) is 7.50. The highest BCUT2D eigenvalue weighted by molar-refractivity contribution is 5.76. The lowest BCUT2D eigenvalue weighted by molar-refractivity contribution is -0.159. The van der Waals surface area contributed by atoms with E-state index in [9.17, 15) is 9.90 Å². The van der Waals surface area contributed by atoms with Crippen molar-refractivity contribution in [2.45, 2.75) is 63.9 Å². The number of aliphatic carboxylic acids is 1. The van der Waals surface area contributed by atoms with Gasteiger partial charge in [0.15, 0.2) is 5.60 Å². The number of aliphatic hydroxyl groups is 1. The monoisotopic (exact) mass is 252 g/mol. The van der Waals surface area contributed by atoms with Gasteiger partial charge in [0.1, 0.15) is 0 Å². The van der Waals surface area contributed by atoms with Gasteiger partial charge in [-0.2, -0.15) is 0 Å². The van der Waals surface area contributed by atoms with Crippen LogP contribution in [0.5, 0.6) is 0 Å². The van der Waals surface area contributed by atoms with E-state index >= 15 is 0 Å². The maximum atomic E-state index is 11.0. The first kappa shape index (κ1) is 12.5. The SMILES string of the molecule is CC(O)(CCC12CC3CC(CC(C3)C1)C2)C(=O)O. The van der Waals surface area contributed by atoms with E-state index in [1.54, 1.807) is 0 Å². The second kappa shape index (κ2) is 3.96. The first-order chi connectivity index (χ1) is 8.39. The van der Waals surface area contributed by atoms with Crippen LogP contribution in [-0.2, 0) is 4.79 Å². The molecule has 4 saturated carbocycles. The van der Waals surface area contributed by atoms with E-state index in [1.165, 1.54) is 45.4 Å². The fourth-order valence-corrected chi connectivity index (χ4v) is 5.21. The first-order valence-electron chi connectivity index (χ1n) is 7.34. The number of carbonyl (C=O) groups is 1. The van der Waals surface area contributed by atoms with Gasteiger partial charge in [-0.05, 0) is 81.5 Å². The van der Waals surface area contributed by atoms with Gasteiger partial charge in [-0.15, -0.1) is 0 Å². The maximum Gasteiger partial charge on any atom is 0.335 e. The summed E-state index contributed by atoms with van der Waals surface area (Å²) in [5.41, 5.74) is -1.17. The smallest absolute Gasteiger partial charge is 0.335 e. The molecule has 4 bridgehead atoms. The normalized spacial score (nSPS) is 44.9. The summed E-state index contributed by atoms with van der Waals surface area (Å²) in [7, 11) is 0. The average molecular weight is 252 g/mol. The third kappa shape index (κ3) is 2.07. The highest BCUT2D eigenvalue weighted by Crippen LogP contribution is 2.61. The Kier molecular flexibility index (Phi) is 2.74. The molecular formula is C15H24O3. The van der Waals surface area contributed by atoms with Crippen molar-refractivity contribution in [2.24, 2.45) is 23.2 Å². The minimum Gasteiger partial charge on any atom is -0.479 e. The van der Waals surface area contributed by atoms with Crippen LogP contribution in [0.4, 0.5) is 0 Å². The molecule has 0 aromatic rings. The Balaban J connectivity index is 1.67. The van der Waals surface area contributed by atoms with Crippen molar-refractivity contribution in [3.63, 3.8) is 0 Å². The van der Waals surface area contributed by atoms with Crippen LogP contribution >= 0.6 is 0 Å². The molecule has 18 heavy (non-hydrogen) atoms. The van der Waals surface area contributed by atoms with Gasteiger partial charge >= 0.3 is 5.97 Å². The highest BCUT2D eigenvalue weighted by atomic mass is 16.4. The minimum atomic E-state index is -1.54. The summed E-state index contributed by atoms with van der Waals surface area (Å²) >= 11 is 0. The van der Waals surface area contributed by atoms with Crippen molar-refractivity contribution in [1.29, 1.82) is 0 Å². The molecule has 4 aliphatic rings. The zero-order chi connectivity index (χ0) is 13.0. The van der Waals surface area contributed by atoms with Gasteiger partial charge in [-0.1, -0.05) is 0 Å². The summed E-state index contributed by atoms with van der Waals surface area (Å²) in [5, 5.41) is 18.9. The molecule has 0 amide bonds. The van der Waals surface area contributed by atoms with Crippen LogP contribution in [0.25, 0.3) is 0 Å². The molecule has 1 atom stereocenters. The van der Waals surface area contributed by atoms with Crippen LogP contribution in [-0.4, -0.2) is 21.8 Å². The van der Waals surface area contributed by atoms with Crippen LogP contribution < -0.4 is 0 Å². The molecule has 4 aliphatic carbocycles. The standard InChI is InChI=1S/C15H24O3/c1-14(18,13(16)17)2-3-15-7-10-4-11(8-15)6-12(5-10)9-15/h10-12,18H,2-9H2,1H3,(H,16,17). The summed E-state index contributed by atoms with van der Waals surface area (Å²) in [6.45, 7) is 1.44. The summed E-state index contributed by atoms with van der Waals surface area (Å²) in [6.07, 6.45) is 9.40. The van der Waals surface area contributed by atoms with Crippen LogP contribution in [0.15, 0.2) is 0 Å². The van der Waals surface area contributed by atoms with Crippen molar-refractivity contribution in [3.8, 4) is 0 Å². The minimum absolute atomic E-state index is 0.369. The van der Waals surface area contributed by atoms with Gasteiger partial charge in [-0.3, -0.25) is 0 Å². The van der Waals surface area contributed by atoms with Crippen LogP contribution in [0.3, 0.4) is 0 Å². The van der Waals surface area contributed by atoms with E-state index in [4.69, 9.17) is 5.11 Å². The van der Waals surface area contributed by atoms with E-state index in [-0.39, 0.29) is 0 Å². The Morgan fingerprint density at radius 3 is 2.00 bits per heavy atom. The van der Waals surface area contributed by atoms with E-state index in [0.717, 1.165) is 24.2 Å². The Hall–Kier alpha value is -0.570. The maximum absolute atomic E-state index is 11.0. The van der Waals surface area contributed by atoms with Crippen molar-refractivity contribution < 1.29 is 15.0 Å². The number of hydrogen-bond acceptors (Lipinski definition) is 2.